The zero-order chi connectivity index (χ0) is 16.2. The maximum atomic E-state index is 12.4. The Morgan fingerprint density at radius 3 is 2.24 bits per heavy atom. The van der Waals surface area contributed by atoms with Crippen LogP contribution in [0.2, 0.25) is 0 Å². The molecule has 1 aliphatic rings. The molecule has 21 heavy (non-hydrogen) atoms. The maximum absolute atomic E-state index is 12.4. The summed E-state index contributed by atoms with van der Waals surface area (Å²) >= 11 is 0. The maximum Gasteiger partial charge on any atom is 0.317 e. The van der Waals surface area contributed by atoms with E-state index in [0.29, 0.717) is 12.3 Å². The van der Waals surface area contributed by atoms with Crippen molar-refractivity contribution in [2.75, 3.05) is 6.54 Å². The lowest BCUT2D eigenvalue weighted by molar-refractivity contribution is -0.137. The zero-order valence-corrected chi connectivity index (χ0v) is 14.0. The molecule has 1 fully saturated rings. The molecular weight excluding hydrogens is 268 g/mol. The van der Waals surface area contributed by atoms with Gasteiger partial charge >= 0.3 is 12.0 Å². The Bertz CT molecular complexity index is 370. The fourth-order valence-corrected chi connectivity index (χ4v) is 2.49. The van der Waals surface area contributed by atoms with E-state index in [-0.39, 0.29) is 30.0 Å². The van der Waals surface area contributed by atoms with Crippen LogP contribution in [-0.2, 0) is 4.79 Å². The van der Waals surface area contributed by atoms with Crippen molar-refractivity contribution in [1.29, 1.82) is 0 Å². The van der Waals surface area contributed by atoms with E-state index in [0.717, 1.165) is 6.54 Å². The third kappa shape index (κ3) is 7.34. The van der Waals surface area contributed by atoms with Crippen molar-refractivity contribution in [3.8, 4) is 0 Å². The minimum atomic E-state index is -0.872. The third-order valence-electron chi connectivity index (χ3n) is 3.64. The number of nitrogens with zero attached hydrogens (tertiary/aromatic N) is 1. The van der Waals surface area contributed by atoms with Crippen LogP contribution >= 0.6 is 0 Å². The number of rotatable bonds is 7. The Hall–Kier alpha value is -1.26. The van der Waals surface area contributed by atoms with E-state index >= 15 is 0 Å². The van der Waals surface area contributed by atoms with Gasteiger partial charge in [-0.1, -0.05) is 20.8 Å². The molecule has 5 heteroatoms. The molecule has 0 aromatic rings. The van der Waals surface area contributed by atoms with Crippen molar-refractivity contribution in [1.82, 2.24) is 10.2 Å². The molecule has 1 atom stereocenters. The normalized spacial score (nSPS) is 16.7. The van der Waals surface area contributed by atoms with E-state index < -0.39 is 5.97 Å². The van der Waals surface area contributed by atoms with Crippen molar-refractivity contribution in [2.45, 2.75) is 72.4 Å². The number of carbonyl (C=O) groups is 2. The number of carbonyl (C=O) groups excluding carboxylic acids is 1. The van der Waals surface area contributed by atoms with Gasteiger partial charge in [-0.25, -0.2) is 4.79 Å². The predicted molar refractivity (Wildman–Crippen MR) is 83.2 cm³/mol. The number of carboxylic acids is 1. The first-order valence-electron chi connectivity index (χ1n) is 7.87. The van der Waals surface area contributed by atoms with Crippen LogP contribution in [-0.4, -0.2) is 40.6 Å². The summed E-state index contributed by atoms with van der Waals surface area (Å²) in [5.41, 5.74) is -0.0213. The lowest BCUT2D eigenvalue weighted by Gasteiger charge is -2.31. The van der Waals surface area contributed by atoms with E-state index in [1.165, 1.54) is 12.8 Å². The monoisotopic (exact) mass is 298 g/mol. The van der Waals surface area contributed by atoms with Crippen molar-refractivity contribution >= 4 is 12.0 Å². The highest BCUT2D eigenvalue weighted by molar-refractivity contribution is 5.76. The molecule has 122 valence electrons. The molecule has 0 spiro atoms. The summed E-state index contributed by atoms with van der Waals surface area (Å²) in [6.07, 6.45) is 3.01. The quantitative estimate of drug-likeness (QED) is 0.759. The number of carboxylic acid groups (broad SMARTS) is 1. The van der Waals surface area contributed by atoms with Gasteiger partial charge in [-0.05, 0) is 44.4 Å². The van der Waals surface area contributed by atoms with Gasteiger partial charge in [0.05, 0.1) is 6.42 Å². The fourth-order valence-electron chi connectivity index (χ4n) is 2.49. The number of urea groups is 1. The van der Waals surface area contributed by atoms with Gasteiger partial charge < -0.3 is 15.3 Å². The van der Waals surface area contributed by atoms with E-state index in [1.54, 1.807) is 0 Å². The molecule has 2 N–H and O–H groups in total. The molecule has 2 amide bonds. The van der Waals surface area contributed by atoms with Crippen molar-refractivity contribution in [3.05, 3.63) is 0 Å². The van der Waals surface area contributed by atoms with Crippen molar-refractivity contribution in [3.63, 3.8) is 0 Å². The number of amides is 2. The first kappa shape index (κ1) is 17.8. The van der Waals surface area contributed by atoms with Crippen molar-refractivity contribution in [2.24, 2.45) is 11.3 Å². The summed E-state index contributed by atoms with van der Waals surface area (Å²) in [5, 5.41) is 12.0. The largest absolute Gasteiger partial charge is 0.481 e. The van der Waals surface area contributed by atoms with Gasteiger partial charge in [0.1, 0.15) is 0 Å². The van der Waals surface area contributed by atoms with Crippen LogP contribution in [0.15, 0.2) is 0 Å². The Kier molecular flexibility index (Phi) is 6.05. The molecule has 5 nitrogen and oxygen atoms in total. The molecule has 0 aromatic carbocycles. The third-order valence-corrected chi connectivity index (χ3v) is 3.64. The average molecular weight is 298 g/mol. The predicted octanol–water partition coefficient (Wildman–Crippen LogP) is 3.10. The number of hydrogen-bond donors (Lipinski definition) is 2. The minimum Gasteiger partial charge on any atom is -0.481 e. The second-order valence-electron chi connectivity index (χ2n) is 7.70. The van der Waals surface area contributed by atoms with Crippen LogP contribution in [0.4, 0.5) is 4.79 Å². The van der Waals surface area contributed by atoms with Crippen LogP contribution in [0.3, 0.4) is 0 Å². The molecule has 0 bridgehead atoms. The summed E-state index contributed by atoms with van der Waals surface area (Å²) in [6, 6.07) is -0.325. The van der Waals surface area contributed by atoms with Crippen molar-refractivity contribution < 1.29 is 14.7 Å². The molecule has 0 aromatic heterocycles. The van der Waals surface area contributed by atoms with Gasteiger partial charge in [0.25, 0.3) is 0 Å². The molecule has 1 unspecified atom stereocenters. The highest BCUT2D eigenvalue weighted by Crippen LogP contribution is 2.30. The SMILES string of the molecule is CC(C)N(CC1CC1)C(=O)NC(CC(=O)O)CC(C)(C)C. The van der Waals surface area contributed by atoms with Gasteiger partial charge in [0.15, 0.2) is 0 Å². The summed E-state index contributed by atoms with van der Waals surface area (Å²) in [5.74, 6) is -0.249. The van der Waals surface area contributed by atoms with E-state index in [2.05, 4.69) is 26.1 Å². The van der Waals surface area contributed by atoms with Crippen LogP contribution < -0.4 is 5.32 Å². The molecule has 1 saturated carbocycles. The van der Waals surface area contributed by atoms with Crippen LogP contribution in [0, 0.1) is 11.3 Å². The Balaban J connectivity index is 2.65. The average Bonchev–Trinajstić information content (AvgIpc) is 3.04. The second kappa shape index (κ2) is 7.14. The lowest BCUT2D eigenvalue weighted by atomic mass is 9.87. The van der Waals surface area contributed by atoms with Gasteiger partial charge in [-0.2, -0.15) is 0 Å². The number of hydrogen-bond acceptors (Lipinski definition) is 2. The topological polar surface area (TPSA) is 69.6 Å². The molecule has 0 heterocycles. The number of nitrogens with one attached hydrogen (secondary N) is 1. The zero-order valence-electron chi connectivity index (χ0n) is 14.0. The summed E-state index contributed by atoms with van der Waals surface area (Å²) in [4.78, 5) is 25.3. The van der Waals surface area contributed by atoms with Gasteiger partial charge in [-0.15, -0.1) is 0 Å². The van der Waals surface area contributed by atoms with E-state index in [4.69, 9.17) is 5.11 Å². The second-order valence-corrected chi connectivity index (χ2v) is 7.70. The van der Waals surface area contributed by atoms with Gasteiger partial charge in [0.2, 0.25) is 0 Å². The smallest absolute Gasteiger partial charge is 0.317 e. The summed E-state index contributed by atoms with van der Waals surface area (Å²) < 4.78 is 0. The van der Waals surface area contributed by atoms with Crippen LogP contribution in [0.5, 0.6) is 0 Å². The lowest BCUT2D eigenvalue weighted by Crippen LogP contribution is -2.49. The molecule has 0 saturated heterocycles. The number of aliphatic carboxylic acids is 1. The molecular formula is C16H30N2O3. The first-order valence-corrected chi connectivity index (χ1v) is 7.87. The highest BCUT2D eigenvalue weighted by atomic mass is 16.4. The van der Waals surface area contributed by atoms with Crippen LogP contribution in [0.1, 0.15) is 60.3 Å². The van der Waals surface area contributed by atoms with E-state index in [9.17, 15) is 9.59 Å². The summed E-state index contributed by atoms with van der Waals surface area (Å²) in [7, 11) is 0. The Labute approximate surface area is 128 Å². The molecule has 0 aliphatic heterocycles. The highest BCUT2D eigenvalue weighted by Gasteiger charge is 2.30. The molecule has 0 radical (unpaired) electrons. The minimum absolute atomic E-state index is 0.0213. The van der Waals surface area contributed by atoms with Gasteiger partial charge in [0, 0.05) is 18.6 Å². The van der Waals surface area contributed by atoms with Crippen LogP contribution in [0.25, 0.3) is 0 Å². The first-order chi connectivity index (χ1) is 9.58. The molecule has 1 rings (SSSR count). The Morgan fingerprint density at radius 1 is 1.29 bits per heavy atom. The van der Waals surface area contributed by atoms with Gasteiger partial charge in [-0.3, -0.25) is 4.79 Å². The fraction of sp³-hybridized carbons (Fsp3) is 0.875. The molecule has 1 aliphatic carbocycles. The van der Waals surface area contributed by atoms with E-state index in [1.807, 2.05) is 18.7 Å². The summed E-state index contributed by atoms with van der Waals surface area (Å²) in [6.45, 7) is 10.9. The standard InChI is InChI=1S/C16H30N2O3/c1-11(2)18(10-12-6-7-12)15(21)17-13(8-14(19)20)9-16(3,4)5/h11-13H,6-10H2,1-5H3,(H,17,21)(H,19,20). The Morgan fingerprint density at radius 2 is 1.86 bits per heavy atom.